The normalized spacial score (nSPS) is 17.4. The molecule has 0 aliphatic carbocycles. The highest BCUT2D eigenvalue weighted by Gasteiger charge is 2.46. The molecule has 4 amide bonds. The predicted octanol–water partition coefficient (Wildman–Crippen LogP) is 8.93. The summed E-state index contributed by atoms with van der Waals surface area (Å²) < 4.78 is 51.0. The van der Waals surface area contributed by atoms with Crippen molar-refractivity contribution in [3.05, 3.63) is 147 Å². The number of piperazine rings is 1. The van der Waals surface area contributed by atoms with Crippen LogP contribution in [0.25, 0.3) is 11.3 Å². The number of amidine groups is 1. The lowest BCUT2D eigenvalue weighted by Crippen LogP contribution is -2.56. The number of Topliss-reactive ketones (excluding diaryl/α,β-unsaturated/α-hetero) is 1. The number of nitrogen functional groups attached to an aromatic ring is 1. The van der Waals surface area contributed by atoms with E-state index in [0.717, 1.165) is 23.1 Å². The number of anilines is 2. The van der Waals surface area contributed by atoms with E-state index in [4.69, 9.17) is 60.8 Å². The molecule has 0 unspecified atom stereocenters. The van der Waals surface area contributed by atoms with Gasteiger partial charge in [-0.1, -0.05) is 53.6 Å². The molecule has 2 saturated heterocycles. The highest BCUT2D eigenvalue weighted by atomic mass is 35.5. The molecule has 4 aliphatic rings. The number of urea groups is 1. The van der Waals surface area contributed by atoms with Gasteiger partial charge in [-0.3, -0.25) is 29.0 Å². The molecule has 3 atom stereocenters. The molecule has 2 N–H and O–H groups in total. The average molecular weight is 1250 g/mol. The maximum atomic E-state index is 15.1. The zero-order chi connectivity index (χ0) is 63.4. The number of nitrogens with zero attached hydrogens (tertiary/aromatic N) is 11. The van der Waals surface area contributed by atoms with Crippen LogP contribution in [-0.2, 0) is 41.6 Å². The van der Waals surface area contributed by atoms with Crippen molar-refractivity contribution in [2.75, 3.05) is 110 Å². The summed E-state index contributed by atoms with van der Waals surface area (Å²) in [6, 6.07) is 25.7. The van der Waals surface area contributed by atoms with Gasteiger partial charge >= 0.3 is 6.03 Å². The van der Waals surface area contributed by atoms with Crippen molar-refractivity contribution in [2.24, 2.45) is 4.99 Å². The summed E-state index contributed by atoms with van der Waals surface area (Å²) in [6.45, 7) is 9.97. The first-order valence-electron chi connectivity index (χ1n) is 30.5. The number of benzene rings is 4. The number of aliphatic imine (C=N–C) groups is 1. The van der Waals surface area contributed by atoms with Crippen LogP contribution in [0.2, 0.25) is 5.02 Å². The summed E-state index contributed by atoms with van der Waals surface area (Å²) in [5, 5.41) is 15.8. The van der Waals surface area contributed by atoms with Crippen molar-refractivity contribution < 1.29 is 52.0 Å². The molecule has 474 valence electrons. The molecule has 24 heteroatoms. The standard InChI is InChI=1S/C66H76ClFN12O10/c1-42(2)90-57-37-49(85-5)19-21-51(57)63-73-60(44-12-10-43(3)11-13-44)61(45-14-16-46(67)17-15-45)80(63)66(84)77-26-25-76(58(82)41-77)27-29-87-31-33-89-35-34-88-32-30-86-28-22-48(81)8-6-24-79-56(38-69)59-53-39-71-62(70)64(72-53)78-23-7-9-55(78)52-36-47(68)18-20-50(52)65(83)75(4)40-54(59)74-79/h10-21,36-37,39,42,55,60-61H,6-9,22-35,40-41H2,1-5H3,(H2,70,71)/t55-,60+,61-/m1/s1. The predicted molar refractivity (Wildman–Crippen MR) is 335 cm³/mol. The first-order valence-corrected chi connectivity index (χ1v) is 30.9. The highest BCUT2D eigenvalue weighted by molar-refractivity contribution is 6.30. The van der Waals surface area contributed by atoms with E-state index >= 15 is 4.79 Å². The molecule has 2 fully saturated rings. The molecule has 0 saturated carbocycles. The van der Waals surface area contributed by atoms with E-state index in [9.17, 15) is 24.0 Å². The van der Waals surface area contributed by atoms with Crippen LogP contribution in [0.5, 0.6) is 11.5 Å². The summed E-state index contributed by atoms with van der Waals surface area (Å²) in [7, 11) is 3.23. The van der Waals surface area contributed by atoms with Crippen molar-refractivity contribution >= 4 is 52.7 Å². The van der Waals surface area contributed by atoms with Gasteiger partial charge < -0.3 is 53.8 Å². The number of ether oxygens (including phenoxy) is 6. The SMILES string of the molecule is COc1ccc(C2=N[C@@H](c3ccc(C)cc3)[C@@H](c3ccc(Cl)cc3)N2C(=O)N2CCN(CCOCCOCCOCCOCCC(=O)CCCn3nc4c(c3C#N)-c3cnc(N)c(n3)N3CCC[C@@H]3c3cc(F)ccc3C(=O)N(C)C4)C(=O)C2)c(OC(C)C)c1. The zero-order valence-corrected chi connectivity index (χ0v) is 52.2. The van der Waals surface area contributed by atoms with E-state index in [1.54, 1.807) is 51.7 Å². The molecular formula is C66H76ClFN12O10. The van der Waals surface area contributed by atoms with E-state index in [-0.39, 0.29) is 93.0 Å². The van der Waals surface area contributed by atoms with Gasteiger partial charge in [0.05, 0.1) is 113 Å². The number of aromatic nitrogens is 4. The van der Waals surface area contributed by atoms with Crippen LogP contribution in [0.3, 0.4) is 0 Å². The van der Waals surface area contributed by atoms with Crippen molar-refractivity contribution in [1.82, 2.24) is 39.3 Å². The quantitative estimate of drug-likeness (QED) is 0.0526. The number of amides is 4. The third-order valence-corrected chi connectivity index (χ3v) is 16.5. The van der Waals surface area contributed by atoms with Gasteiger partial charge in [0.1, 0.15) is 53.3 Å². The molecule has 4 aromatic carbocycles. The summed E-state index contributed by atoms with van der Waals surface area (Å²) in [5.74, 6) is 1.10. The van der Waals surface area contributed by atoms with Gasteiger partial charge in [-0.25, -0.2) is 19.2 Å². The number of hydrogen-bond donors (Lipinski definition) is 1. The van der Waals surface area contributed by atoms with E-state index in [1.807, 2.05) is 74.2 Å². The number of carbonyl (C=O) groups is 4. The van der Waals surface area contributed by atoms with Crippen molar-refractivity contribution in [3.63, 3.8) is 0 Å². The molecule has 0 radical (unpaired) electrons. The summed E-state index contributed by atoms with van der Waals surface area (Å²) >= 11 is 6.40. The van der Waals surface area contributed by atoms with E-state index in [2.05, 4.69) is 11.1 Å². The van der Waals surface area contributed by atoms with Crippen LogP contribution in [0.1, 0.15) is 114 Å². The van der Waals surface area contributed by atoms with Crippen molar-refractivity contribution in [2.45, 2.75) is 90.2 Å². The Balaban J connectivity index is 0.629. The lowest BCUT2D eigenvalue weighted by Gasteiger charge is -2.38. The molecular weight excluding hydrogens is 1180 g/mol. The van der Waals surface area contributed by atoms with Crippen LogP contribution in [0.15, 0.2) is 96.1 Å². The number of hydrogen-bond acceptors (Lipinski definition) is 17. The summed E-state index contributed by atoms with van der Waals surface area (Å²) in [4.78, 5) is 79.0. The molecule has 10 rings (SSSR count). The number of rotatable bonds is 25. The summed E-state index contributed by atoms with van der Waals surface area (Å²) in [6.07, 6.45) is 3.54. The Hall–Kier alpha value is -8.53. The van der Waals surface area contributed by atoms with Gasteiger partial charge in [0.15, 0.2) is 11.6 Å². The van der Waals surface area contributed by atoms with E-state index in [0.29, 0.717) is 140 Å². The number of halogens is 2. The van der Waals surface area contributed by atoms with Gasteiger partial charge in [-0.2, -0.15) is 10.4 Å². The Kier molecular flexibility index (Phi) is 21.4. The number of aryl methyl sites for hydroxylation is 2. The lowest BCUT2D eigenvalue weighted by molar-refractivity contribution is -0.135. The second-order valence-electron chi connectivity index (χ2n) is 22.8. The number of carbonyl (C=O) groups excluding carboxylic acids is 4. The monoisotopic (exact) mass is 1250 g/mol. The fraction of sp³-hybridized carbons (Fsp3) is 0.439. The maximum Gasteiger partial charge on any atom is 0.326 e. The Morgan fingerprint density at radius 1 is 0.833 bits per heavy atom. The maximum absolute atomic E-state index is 15.1. The largest absolute Gasteiger partial charge is 0.497 e. The molecule has 90 heavy (non-hydrogen) atoms. The minimum atomic E-state index is -0.582. The Morgan fingerprint density at radius 3 is 2.23 bits per heavy atom. The minimum Gasteiger partial charge on any atom is -0.497 e. The topological polar surface area (TPSA) is 246 Å². The number of fused-ring (bicyclic) bond motifs is 8. The number of ketones is 1. The van der Waals surface area contributed by atoms with E-state index in [1.165, 1.54) is 29.3 Å². The minimum absolute atomic E-state index is 0.00994. The number of nitrogens with two attached hydrogens (primary N) is 1. The van der Waals surface area contributed by atoms with Gasteiger partial charge in [0.2, 0.25) is 5.91 Å². The fourth-order valence-corrected chi connectivity index (χ4v) is 11.9. The van der Waals surface area contributed by atoms with Gasteiger partial charge in [-0.05, 0) is 99.2 Å². The lowest BCUT2D eigenvalue weighted by atomic mass is 9.93. The third-order valence-electron chi connectivity index (χ3n) is 16.3. The molecule has 6 aromatic rings. The van der Waals surface area contributed by atoms with Crippen LogP contribution in [-0.4, -0.2) is 175 Å². The molecule has 2 bridgehead atoms. The van der Waals surface area contributed by atoms with Gasteiger partial charge in [-0.15, -0.1) is 0 Å². The second-order valence-corrected chi connectivity index (χ2v) is 23.3. The Bertz CT molecular complexity index is 3620. The molecule has 6 heterocycles. The van der Waals surface area contributed by atoms with Crippen molar-refractivity contribution in [3.8, 4) is 28.8 Å². The average Bonchev–Trinajstić information content (AvgIpc) is 1.59. The third kappa shape index (κ3) is 15.0. The smallest absolute Gasteiger partial charge is 0.326 e. The molecule has 4 aliphatic heterocycles. The first kappa shape index (κ1) is 64.5. The molecule has 0 spiro atoms. The van der Waals surface area contributed by atoms with Gasteiger partial charge in [0.25, 0.3) is 5.91 Å². The Morgan fingerprint density at radius 2 is 1.53 bits per heavy atom. The van der Waals surface area contributed by atoms with Crippen LogP contribution in [0, 0.1) is 24.1 Å². The fourth-order valence-electron chi connectivity index (χ4n) is 11.8. The van der Waals surface area contributed by atoms with Crippen LogP contribution >= 0.6 is 11.6 Å². The number of nitriles is 1. The summed E-state index contributed by atoms with van der Waals surface area (Å²) in [5.41, 5.74) is 12.2. The molecule has 22 nitrogen and oxygen atoms in total. The Labute approximate surface area is 528 Å². The van der Waals surface area contributed by atoms with E-state index < -0.39 is 17.9 Å². The first-order chi connectivity index (χ1) is 43.6. The zero-order valence-electron chi connectivity index (χ0n) is 51.4. The second kappa shape index (κ2) is 29.9. The molecule has 2 aromatic heterocycles. The highest BCUT2D eigenvalue weighted by Crippen LogP contribution is 2.47. The van der Waals surface area contributed by atoms with Crippen LogP contribution in [0.4, 0.5) is 20.8 Å². The van der Waals surface area contributed by atoms with Gasteiger partial charge in [0, 0.05) is 69.3 Å². The number of methoxy groups -OCH3 is 1. The van der Waals surface area contributed by atoms with Crippen molar-refractivity contribution in [1.29, 1.82) is 5.26 Å². The van der Waals surface area contributed by atoms with Crippen LogP contribution < -0.4 is 20.1 Å².